The predicted octanol–water partition coefficient (Wildman–Crippen LogP) is 5.47. The maximum Gasteiger partial charge on any atom is 0.269 e. The standard InChI is InChI=1S/C11H15BrN2O.C7H5ClO.2ClH/c1-11(2,3)14(13)10(15)8-6-4-5-7-9(8)12;8-7(9)6-4-2-1-3-5-6;;/h4-7H,13H2,1-3H3;1-5H;2*1H. The molecule has 26 heavy (non-hydrogen) atoms. The fourth-order valence-electron chi connectivity index (χ4n) is 1.64. The van der Waals surface area contributed by atoms with Gasteiger partial charge in [-0.3, -0.25) is 14.6 Å². The summed E-state index contributed by atoms with van der Waals surface area (Å²) in [5.41, 5.74) is 0.737. The Balaban J connectivity index is 0. The quantitative estimate of drug-likeness (QED) is 0.266. The topological polar surface area (TPSA) is 63.4 Å². The monoisotopic (exact) mass is 482 g/mol. The third-order valence-electron chi connectivity index (χ3n) is 3.05. The van der Waals surface area contributed by atoms with Crippen LogP contribution in [0.3, 0.4) is 0 Å². The van der Waals surface area contributed by atoms with Crippen molar-refractivity contribution >= 4 is 63.5 Å². The van der Waals surface area contributed by atoms with E-state index in [-0.39, 0.29) is 36.3 Å². The molecule has 1 amide bonds. The van der Waals surface area contributed by atoms with Crippen LogP contribution >= 0.6 is 52.3 Å². The zero-order valence-corrected chi connectivity index (χ0v) is 18.6. The molecule has 0 fully saturated rings. The third-order valence-corrected chi connectivity index (χ3v) is 3.96. The summed E-state index contributed by atoms with van der Waals surface area (Å²) in [4.78, 5) is 22.4. The van der Waals surface area contributed by atoms with Crippen LogP contribution in [0.15, 0.2) is 59.1 Å². The number of nitrogens with two attached hydrogens (primary N) is 1. The molecule has 8 heteroatoms. The number of carbonyl (C=O) groups excluding carboxylic acids is 2. The minimum Gasteiger partial charge on any atom is -0.276 e. The van der Waals surface area contributed by atoms with Gasteiger partial charge in [-0.2, -0.15) is 0 Å². The van der Waals surface area contributed by atoms with Gasteiger partial charge in [0.15, 0.2) is 0 Å². The van der Waals surface area contributed by atoms with Crippen LogP contribution in [0.2, 0.25) is 0 Å². The molecule has 2 rings (SSSR count). The van der Waals surface area contributed by atoms with Gasteiger partial charge in [0, 0.05) is 10.0 Å². The van der Waals surface area contributed by atoms with Crippen LogP contribution in [0, 0.1) is 0 Å². The first-order valence-corrected chi connectivity index (χ1v) is 8.40. The molecule has 0 atom stereocenters. The molecule has 0 saturated heterocycles. The molecule has 0 spiro atoms. The van der Waals surface area contributed by atoms with E-state index in [9.17, 15) is 9.59 Å². The SMILES string of the molecule is CC(C)(C)N(N)C(=O)c1ccccc1Br.Cl.Cl.O=C(Cl)c1ccccc1. The van der Waals surface area contributed by atoms with Crippen molar-refractivity contribution in [3.63, 3.8) is 0 Å². The first-order valence-electron chi connectivity index (χ1n) is 7.23. The molecule has 0 unspecified atom stereocenters. The zero-order chi connectivity index (χ0) is 18.3. The number of benzene rings is 2. The van der Waals surface area contributed by atoms with E-state index in [1.165, 1.54) is 5.01 Å². The molecule has 0 heterocycles. The van der Waals surface area contributed by atoms with Crippen LogP contribution in [0.25, 0.3) is 0 Å². The average Bonchev–Trinajstić information content (AvgIpc) is 2.54. The molecule has 0 aliphatic carbocycles. The van der Waals surface area contributed by atoms with E-state index in [1.807, 2.05) is 45.0 Å². The second kappa shape index (κ2) is 12.3. The van der Waals surface area contributed by atoms with Gasteiger partial charge < -0.3 is 0 Å². The van der Waals surface area contributed by atoms with Crippen molar-refractivity contribution in [1.82, 2.24) is 5.01 Å². The number of hydrazine groups is 1. The van der Waals surface area contributed by atoms with Crippen LogP contribution < -0.4 is 5.84 Å². The second-order valence-corrected chi connectivity index (χ2v) is 7.16. The summed E-state index contributed by atoms with van der Waals surface area (Å²) in [6.45, 7) is 5.67. The number of nitrogens with zero attached hydrogens (tertiary/aromatic N) is 1. The first kappa shape index (κ1) is 27.1. The van der Waals surface area contributed by atoms with Gasteiger partial charge in [-0.1, -0.05) is 42.5 Å². The Labute approximate surface area is 180 Å². The average molecular weight is 485 g/mol. The maximum absolute atomic E-state index is 12.0. The number of hydrogen-bond donors (Lipinski definition) is 1. The number of hydrogen-bond acceptors (Lipinski definition) is 3. The Hall–Kier alpha value is -1.11. The number of amides is 1. The molecule has 0 radical (unpaired) electrons. The van der Waals surface area contributed by atoms with Gasteiger partial charge in [0.2, 0.25) is 0 Å². The summed E-state index contributed by atoms with van der Waals surface area (Å²) >= 11 is 8.49. The summed E-state index contributed by atoms with van der Waals surface area (Å²) in [5, 5.41) is 0.836. The van der Waals surface area contributed by atoms with E-state index < -0.39 is 5.24 Å². The molecular weight excluding hydrogens is 462 g/mol. The van der Waals surface area contributed by atoms with Gasteiger partial charge in [0.05, 0.1) is 11.1 Å². The lowest BCUT2D eigenvalue weighted by Crippen LogP contribution is -2.50. The molecule has 2 aromatic rings. The molecule has 0 bridgehead atoms. The van der Waals surface area contributed by atoms with Gasteiger partial charge in [0.25, 0.3) is 11.1 Å². The Bertz CT molecular complexity index is 707. The highest BCUT2D eigenvalue weighted by molar-refractivity contribution is 9.10. The highest BCUT2D eigenvalue weighted by Gasteiger charge is 2.25. The van der Waals surface area contributed by atoms with E-state index in [2.05, 4.69) is 15.9 Å². The van der Waals surface area contributed by atoms with Gasteiger partial charge >= 0.3 is 0 Å². The van der Waals surface area contributed by atoms with E-state index in [4.69, 9.17) is 17.4 Å². The highest BCUT2D eigenvalue weighted by Crippen LogP contribution is 2.20. The molecule has 0 aliphatic heterocycles. The van der Waals surface area contributed by atoms with Crippen LogP contribution in [-0.4, -0.2) is 21.7 Å². The summed E-state index contributed by atoms with van der Waals surface area (Å²) in [7, 11) is 0. The van der Waals surface area contributed by atoms with Crippen molar-refractivity contribution in [2.75, 3.05) is 0 Å². The molecule has 144 valence electrons. The fraction of sp³-hybridized carbons (Fsp3) is 0.222. The van der Waals surface area contributed by atoms with Crippen molar-refractivity contribution < 1.29 is 9.59 Å². The van der Waals surface area contributed by atoms with Crippen molar-refractivity contribution in [2.24, 2.45) is 5.84 Å². The number of carbonyl (C=O) groups is 2. The molecule has 4 nitrogen and oxygen atoms in total. The maximum atomic E-state index is 12.0. The molecule has 0 aromatic heterocycles. The van der Waals surface area contributed by atoms with Gasteiger partial charge in [-0.15, -0.1) is 24.8 Å². The van der Waals surface area contributed by atoms with Gasteiger partial charge in [0.1, 0.15) is 0 Å². The van der Waals surface area contributed by atoms with Crippen LogP contribution in [0.1, 0.15) is 41.5 Å². The number of rotatable bonds is 2. The molecule has 0 aliphatic rings. The summed E-state index contributed by atoms with van der Waals surface area (Å²) < 4.78 is 0.759. The van der Waals surface area contributed by atoms with Crippen LogP contribution in [-0.2, 0) is 0 Å². The molecule has 0 saturated carbocycles. The summed E-state index contributed by atoms with van der Waals surface area (Å²) in [6.07, 6.45) is 0. The third kappa shape index (κ3) is 8.52. The smallest absolute Gasteiger partial charge is 0.269 e. The Morgan fingerprint density at radius 3 is 1.81 bits per heavy atom. The van der Waals surface area contributed by atoms with E-state index in [0.29, 0.717) is 11.1 Å². The summed E-state index contributed by atoms with van der Waals surface area (Å²) in [6, 6.07) is 16.0. The number of halogens is 4. The van der Waals surface area contributed by atoms with E-state index >= 15 is 0 Å². The van der Waals surface area contributed by atoms with Gasteiger partial charge in [-0.25, -0.2) is 5.84 Å². The Kier molecular flexibility index (Phi) is 12.8. The molecular formula is C18H22BrCl3N2O2. The zero-order valence-electron chi connectivity index (χ0n) is 14.6. The lowest BCUT2D eigenvalue weighted by molar-refractivity contribution is 0.0581. The Morgan fingerprint density at radius 1 is 0.962 bits per heavy atom. The minimum absolute atomic E-state index is 0. The lowest BCUT2D eigenvalue weighted by atomic mass is 10.1. The lowest BCUT2D eigenvalue weighted by Gasteiger charge is -2.31. The minimum atomic E-state index is -0.407. The van der Waals surface area contributed by atoms with Crippen molar-refractivity contribution in [2.45, 2.75) is 26.3 Å². The van der Waals surface area contributed by atoms with Crippen molar-refractivity contribution in [3.05, 3.63) is 70.2 Å². The molecule has 2 N–H and O–H groups in total. The van der Waals surface area contributed by atoms with E-state index in [1.54, 1.807) is 30.3 Å². The predicted molar refractivity (Wildman–Crippen MR) is 115 cm³/mol. The Morgan fingerprint density at radius 2 is 1.42 bits per heavy atom. The fourth-order valence-corrected chi connectivity index (χ4v) is 2.22. The van der Waals surface area contributed by atoms with Crippen LogP contribution in [0.4, 0.5) is 0 Å². The normalized spacial score (nSPS) is 9.62. The largest absolute Gasteiger partial charge is 0.276 e. The summed E-state index contributed by atoms with van der Waals surface area (Å²) in [5.74, 6) is 5.57. The van der Waals surface area contributed by atoms with E-state index in [0.717, 1.165) is 4.47 Å². The van der Waals surface area contributed by atoms with Crippen molar-refractivity contribution in [3.8, 4) is 0 Å². The molecule has 2 aromatic carbocycles. The first-order chi connectivity index (χ1) is 11.1. The highest BCUT2D eigenvalue weighted by atomic mass is 79.9. The second-order valence-electron chi connectivity index (χ2n) is 5.97. The van der Waals surface area contributed by atoms with Crippen molar-refractivity contribution in [1.29, 1.82) is 0 Å². The van der Waals surface area contributed by atoms with Crippen LogP contribution in [0.5, 0.6) is 0 Å². The van der Waals surface area contributed by atoms with Gasteiger partial charge in [-0.05, 0) is 60.4 Å².